The Kier molecular flexibility index (Phi) is 4.88. The van der Waals surface area contributed by atoms with E-state index in [0.29, 0.717) is 44.3 Å². The molecule has 0 atom stereocenters. The van der Waals surface area contributed by atoms with Gasteiger partial charge in [0.25, 0.3) is 17.1 Å². The monoisotopic (exact) mass is 492 g/mol. The zero-order valence-electron chi connectivity index (χ0n) is 19.5. The number of hydrogen-bond acceptors (Lipinski definition) is 9. The van der Waals surface area contributed by atoms with E-state index in [0.717, 1.165) is 0 Å². The third-order valence-corrected chi connectivity index (χ3v) is 6.48. The van der Waals surface area contributed by atoms with Gasteiger partial charge in [-0.25, -0.2) is 0 Å². The number of benzene rings is 3. The van der Waals surface area contributed by atoms with Crippen LogP contribution < -0.4 is 18.9 Å². The van der Waals surface area contributed by atoms with Gasteiger partial charge in [0.2, 0.25) is 11.0 Å². The summed E-state index contributed by atoms with van der Waals surface area (Å²) in [6.07, 6.45) is 0. The average molecular weight is 492 g/mol. The number of ether oxygens (including phenoxy) is 2. The summed E-state index contributed by atoms with van der Waals surface area (Å²) in [6, 6.07) is 8.11. The van der Waals surface area contributed by atoms with Gasteiger partial charge in [-0.2, -0.15) is 4.57 Å². The second kappa shape index (κ2) is 7.73. The molecule has 0 saturated carbocycles. The van der Waals surface area contributed by atoms with Crippen molar-refractivity contribution >= 4 is 50.2 Å². The van der Waals surface area contributed by atoms with Gasteiger partial charge in [0.05, 0.1) is 75.4 Å². The van der Waals surface area contributed by atoms with Gasteiger partial charge in [-0.1, -0.05) is 0 Å². The highest BCUT2D eigenvalue weighted by Crippen LogP contribution is 2.55. The first-order valence-electron chi connectivity index (χ1n) is 10.5. The molecule has 13 heteroatoms. The molecular weight excluding hydrogens is 474 g/mol. The van der Waals surface area contributed by atoms with Crippen LogP contribution in [0.1, 0.15) is 0 Å². The molecule has 182 valence electrons. The largest absolute Gasteiger partial charge is 0.496 e. The van der Waals surface area contributed by atoms with Gasteiger partial charge < -0.3 is 14.4 Å². The Bertz CT molecular complexity index is 1660. The average Bonchev–Trinajstić information content (AvgIpc) is 2.86. The molecule has 3 aromatic carbocycles. The van der Waals surface area contributed by atoms with Crippen LogP contribution in [0.4, 0.5) is 28.4 Å². The Hall–Kier alpha value is -5.07. The van der Waals surface area contributed by atoms with Crippen LogP contribution in [0.3, 0.4) is 0 Å². The number of pyridine rings is 1. The molecule has 0 aliphatic carbocycles. The van der Waals surface area contributed by atoms with Crippen LogP contribution in [0.25, 0.3) is 32.9 Å². The highest BCUT2D eigenvalue weighted by molar-refractivity contribution is 6.20. The molecule has 1 aliphatic heterocycles. The van der Waals surface area contributed by atoms with Crippen molar-refractivity contribution in [3.8, 4) is 22.6 Å². The van der Waals surface area contributed by atoms with Crippen molar-refractivity contribution in [3.05, 3.63) is 66.7 Å². The Morgan fingerprint density at radius 1 is 0.694 bits per heavy atom. The number of rotatable bonds is 5. The lowest BCUT2D eigenvalue weighted by molar-refractivity contribution is -0.617. The first kappa shape index (κ1) is 22.7. The summed E-state index contributed by atoms with van der Waals surface area (Å²) in [5.41, 5.74) is 2.00. The predicted octanol–water partition coefficient (Wildman–Crippen LogP) is 4.31. The van der Waals surface area contributed by atoms with E-state index in [9.17, 15) is 30.3 Å². The lowest BCUT2D eigenvalue weighted by atomic mass is 9.88. The number of nitro benzene ring substituents is 3. The van der Waals surface area contributed by atoms with Crippen molar-refractivity contribution in [2.24, 2.45) is 7.05 Å². The maximum atomic E-state index is 11.8. The maximum Gasteiger partial charge on any atom is 0.279 e. The third-order valence-electron chi connectivity index (χ3n) is 6.48. The number of methoxy groups -OCH3 is 2. The minimum absolute atomic E-state index is 0.201. The van der Waals surface area contributed by atoms with Crippen molar-refractivity contribution in [2.45, 2.75) is 0 Å². The molecule has 5 rings (SSSR count). The predicted molar refractivity (Wildman–Crippen MR) is 129 cm³/mol. The molecule has 1 aliphatic rings. The normalized spacial score (nSPS) is 11.9. The fourth-order valence-corrected chi connectivity index (χ4v) is 4.86. The van der Waals surface area contributed by atoms with Gasteiger partial charge in [-0.05, 0) is 0 Å². The van der Waals surface area contributed by atoms with E-state index in [1.807, 2.05) is 0 Å². The number of nitro groups is 3. The number of nitrogens with zero attached hydrogens (tertiary/aromatic N) is 5. The van der Waals surface area contributed by atoms with Gasteiger partial charge in [-0.15, -0.1) is 0 Å². The van der Waals surface area contributed by atoms with E-state index >= 15 is 0 Å². The lowest BCUT2D eigenvalue weighted by Crippen LogP contribution is -2.32. The number of aryl methyl sites for hydroxylation is 1. The first-order valence-corrected chi connectivity index (χ1v) is 10.5. The molecular formula is C23H18N5O8+. The first-order chi connectivity index (χ1) is 17.1. The number of anilines is 2. The molecule has 0 bridgehead atoms. The van der Waals surface area contributed by atoms with E-state index in [2.05, 4.69) is 0 Å². The molecule has 13 nitrogen and oxygen atoms in total. The quantitative estimate of drug-likeness (QED) is 0.171. The standard InChI is InChI=1S/C23H18N5O8/c1-24-14-5-11(26(29)30)6-15-20(14)23(21-16(24)7-12(27(31)32)9-18(21)35-3)22-17(25(15)2)8-13(28(33)34)10-19(22)36-4/h5-10H,1-4H3/q+1. The van der Waals surface area contributed by atoms with Crippen molar-refractivity contribution in [1.29, 1.82) is 0 Å². The van der Waals surface area contributed by atoms with Gasteiger partial charge in [-0.3, -0.25) is 30.3 Å². The second-order valence-corrected chi connectivity index (χ2v) is 8.21. The Morgan fingerprint density at radius 2 is 1.17 bits per heavy atom. The van der Waals surface area contributed by atoms with Crippen LogP contribution in [0.15, 0.2) is 36.4 Å². The fraction of sp³-hybridized carbons (Fsp3) is 0.174. The van der Waals surface area contributed by atoms with E-state index in [1.54, 1.807) is 23.6 Å². The van der Waals surface area contributed by atoms with Gasteiger partial charge in [0, 0.05) is 30.3 Å². The lowest BCUT2D eigenvalue weighted by Gasteiger charge is -2.31. The van der Waals surface area contributed by atoms with Gasteiger partial charge in [0.15, 0.2) is 0 Å². The van der Waals surface area contributed by atoms with Crippen LogP contribution in [0.2, 0.25) is 0 Å². The van der Waals surface area contributed by atoms with Crippen LogP contribution in [-0.4, -0.2) is 36.0 Å². The fourth-order valence-electron chi connectivity index (χ4n) is 4.86. The molecule has 0 saturated heterocycles. The summed E-state index contributed by atoms with van der Waals surface area (Å²) in [5.74, 6) is 0.402. The van der Waals surface area contributed by atoms with Crippen molar-refractivity contribution in [2.75, 3.05) is 26.2 Å². The molecule has 0 amide bonds. The van der Waals surface area contributed by atoms with Gasteiger partial charge >= 0.3 is 0 Å². The van der Waals surface area contributed by atoms with Crippen LogP contribution in [-0.2, 0) is 7.05 Å². The minimum atomic E-state index is -0.553. The molecule has 1 aromatic heterocycles. The molecule has 2 heterocycles. The highest BCUT2D eigenvalue weighted by atomic mass is 16.6. The molecule has 0 radical (unpaired) electrons. The molecule has 0 spiro atoms. The smallest absolute Gasteiger partial charge is 0.279 e. The molecule has 0 unspecified atom stereocenters. The molecule has 36 heavy (non-hydrogen) atoms. The summed E-state index contributed by atoms with van der Waals surface area (Å²) < 4.78 is 12.8. The SMILES string of the molecule is COc1cc([N+](=O)[O-])cc2c1-c1c3c(OC)cc([N+](=O)[O-])cc3[n+](C)c3cc([N+](=O)[O-])cc(c13)N2C. The van der Waals surface area contributed by atoms with Crippen LogP contribution in [0.5, 0.6) is 11.5 Å². The van der Waals surface area contributed by atoms with Crippen molar-refractivity contribution in [1.82, 2.24) is 0 Å². The number of non-ortho nitro benzene ring substituents is 3. The van der Waals surface area contributed by atoms with Crippen LogP contribution >= 0.6 is 0 Å². The van der Waals surface area contributed by atoms with E-state index in [-0.39, 0.29) is 28.6 Å². The number of fused-ring (bicyclic) bond motifs is 4. The molecule has 0 fully saturated rings. The maximum absolute atomic E-state index is 11.8. The van der Waals surface area contributed by atoms with E-state index in [1.165, 1.54) is 50.6 Å². The van der Waals surface area contributed by atoms with Crippen LogP contribution in [0, 0.1) is 30.3 Å². The summed E-state index contributed by atoms with van der Waals surface area (Å²) in [7, 11) is 6.07. The summed E-state index contributed by atoms with van der Waals surface area (Å²) >= 11 is 0. The summed E-state index contributed by atoms with van der Waals surface area (Å²) in [5, 5.41) is 36.2. The molecule has 0 N–H and O–H groups in total. The Morgan fingerprint density at radius 3 is 1.72 bits per heavy atom. The van der Waals surface area contributed by atoms with Crippen molar-refractivity contribution in [3.63, 3.8) is 0 Å². The number of hydrogen-bond donors (Lipinski definition) is 0. The van der Waals surface area contributed by atoms with E-state index < -0.39 is 14.8 Å². The highest BCUT2D eigenvalue weighted by Gasteiger charge is 2.37. The summed E-state index contributed by atoms with van der Waals surface area (Å²) in [4.78, 5) is 35.1. The zero-order chi connectivity index (χ0) is 26.0. The Balaban J connectivity index is 2.12. The summed E-state index contributed by atoms with van der Waals surface area (Å²) in [6.45, 7) is 0. The Labute approximate surface area is 202 Å². The third kappa shape index (κ3) is 2.99. The minimum Gasteiger partial charge on any atom is -0.496 e. The van der Waals surface area contributed by atoms with Gasteiger partial charge in [0.1, 0.15) is 18.5 Å². The van der Waals surface area contributed by atoms with E-state index in [4.69, 9.17) is 9.47 Å². The second-order valence-electron chi connectivity index (χ2n) is 8.21. The topological polar surface area (TPSA) is 155 Å². The number of aromatic nitrogens is 1. The van der Waals surface area contributed by atoms with Crippen molar-refractivity contribution < 1.29 is 28.8 Å². The molecule has 4 aromatic rings. The zero-order valence-corrected chi connectivity index (χ0v) is 19.5.